The van der Waals surface area contributed by atoms with Gasteiger partial charge in [-0.15, -0.1) is 0 Å². The third-order valence-corrected chi connectivity index (χ3v) is 6.56. The van der Waals surface area contributed by atoms with Gasteiger partial charge in [0.1, 0.15) is 19.0 Å². The Labute approximate surface area is 191 Å². The molecule has 0 bridgehead atoms. The van der Waals surface area contributed by atoms with Crippen molar-refractivity contribution < 1.29 is 17.9 Å². The number of anilines is 1. The number of halogens is 1. The molecular formula is C23H20ClN3O4S. The zero-order chi connectivity index (χ0) is 22.6. The Hall–Kier alpha value is -3.36. The normalized spacial score (nSPS) is 11.3. The third kappa shape index (κ3) is 4.92. The average Bonchev–Trinajstić information content (AvgIpc) is 2.79. The van der Waals surface area contributed by atoms with Crippen LogP contribution in [0.3, 0.4) is 0 Å². The Balaban J connectivity index is 1.60. The van der Waals surface area contributed by atoms with Crippen LogP contribution >= 0.6 is 11.6 Å². The summed E-state index contributed by atoms with van der Waals surface area (Å²) in [6.45, 7) is 2.11. The van der Waals surface area contributed by atoms with Gasteiger partial charge in [0.25, 0.3) is 10.0 Å². The summed E-state index contributed by atoms with van der Waals surface area (Å²) in [5, 5.41) is 1.08. The lowest BCUT2D eigenvalue weighted by atomic mass is 10.2. The van der Waals surface area contributed by atoms with E-state index in [1.807, 2.05) is 30.3 Å². The summed E-state index contributed by atoms with van der Waals surface area (Å²) in [5.41, 5.74) is 1.03. The number of para-hydroxylation sites is 1. The fourth-order valence-electron chi connectivity index (χ4n) is 3.07. The number of hydrogen-bond donors (Lipinski definition) is 1. The second-order valence-corrected chi connectivity index (χ2v) is 8.94. The molecular weight excluding hydrogens is 450 g/mol. The van der Waals surface area contributed by atoms with E-state index < -0.39 is 10.0 Å². The molecule has 164 valence electrons. The molecule has 0 radical (unpaired) electrons. The Morgan fingerprint density at radius 2 is 1.78 bits per heavy atom. The molecule has 0 saturated heterocycles. The lowest BCUT2D eigenvalue weighted by molar-refractivity contribution is 0.217. The number of rotatable bonds is 8. The van der Waals surface area contributed by atoms with Crippen LogP contribution in [0.1, 0.15) is 5.56 Å². The van der Waals surface area contributed by atoms with E-state index in [4.69, 9.17) is 21.1 Å². The van der Waals surface area contributed by atoms with Gasteiger partial charge in [-0.25, -0.2) is 13.4 Å². The minimum atomic E-state index is -3.96. The standard InChI is InChI=1S/C23H20ClN3O4S/c1-16-19(24)8-5-9-22(16)32(28,29)27-23-21(14-17-15-25-11-10-20(17)26-23)31-13-12-30-18-6-3-2-4-7-18/h2-11,14-15H,12-13H2,1H3,(H,26,27). The predicted molar refractivity (Wildman–Crippen MR) is 124 cm³/mol. The molecule has 0 aliphatic heterocycles. The number of benzene rings is 2. The van der Waals surface area contributed by atoms with E-state index in [1.165, 1.54) is 6.07 Å². The molecule has 9 heteroatoms. The summed E-state index contributed by atoms with van der Waals surface area (Å²) in [6, 6.07) is 17.4. The van der Waals surface area contributed by atoms with E-state index in [0.717, 1.165) is 0 Å². The fourth-order valence-corrected chi connectivity index (χ4v) is 4.58. The van der Waals surface area contributed by atoms with Crippen LogP contribution in [0.2, 0.25) is 5.02 Å². The summed E-state index contributed by atoms with van der Waals surface area (Å²) in [4.78, 5) is 8.60. The van der Waals surface area contributed by atoms with Crippen LogP contribution in [0.15, 0.2) is 78.0 Å². The first-order chi connectivity index (χ1) is 15.4. The summed E-state index contributed by atoms with van der Waals surface area (Å²) >= 11 is 6.11. The number of pyridine rings is 2. The Bertz CT molecular complexity index is 1350. The first kappa shape index (κ1) is 21.9. The number of aromatic nitrogens is 2. The minimum Gasteiger partial charge on any atom is -0.490 e. The molecule has 32 heavy (non-hydrogen) atoms. The van der Waals surface area contributed by atoms with Crippen molar-refractivity contribution in [3.63, 3.8) is 0 Å². The molecule has 0 unspecified atom stereocenters. The second-order valence-electron chi connectivity index (χ2n) is 6.88. The van der Waals surface area contributed by atoms with Gasteiger partial charge in [-0.05, 0) is 48.9 Å². The third-order valence-electron chi connectivity index (χ3n) is 4.67. The zero-order valence-electron chi connectivity index (χ0n) is 17.2. The van der Waals surface area contributed by atoms with E-state index >= 15 is 0 Å². The van der Waals surface area contributed by atoms with E-state index in [2.05, 4.69) is 14.7 Å². The smallest absolute Gasteiger partial charge is 0.263 e. The molecule has 7 nitrogen and oxygen atoms in total. The summed E-state index contributed by atoms with van der Waals surface area (Å²) in [7, 11) is -3.96. The number of ether oxygens (including phenoxy) is 2. The van der Waals surface area contributed by atoms with Crippen LogP contribution in [0, 0.1) is 6.92 Å². The summed E-state index contributed by atoms with van der Waals surface area (Å²) < 4.78 is 40.2. The van der Waals surface area contributed by atoms with Crippen LogP contribution < -0.4 is 14.2 Å². The van der Waals surface area contributed by atoms with Crippen molar-refractivity contribution in [2.24, 2.45) is 0 Å². The lowest BCUT2D eigenvalue weighted by Crippen LogP contribution is -2.17. The van der Waals surface area contributed by atoms with E-state index in [1.54, 1.807) is 43.6 Å². The highest BCUT2D eigenvalue weighted by Crippen LogP contribution is 2.30. The SMILES string of the molecule is Cc1c(Cl)cccc1S(=O)(=O)Nc1nc2ccncc2cc1OCCOc1ccccc1. The van der Waals surface area contributed by atoms with Gasteiger partial charge in [-0.2, -0.15) is 0 Å². The van der Waals surface area contributed by atoms with Crippen molar-refractivity contribution in [1.82, 2.24) is 9.97 Å². The highest BCUT2D eigenvalue weighted by Gasteiger charge is 2.21. The van der Waals surface area contributed by atoms with Crippen LogP contribution in [0.5, 0.6) is 11.5 Å². The van der Waals surface area contributed by atoms with Crippen LogP contribution in [-0.2, 0) is 10.0 Å². The molecule has 0 spiro atoms. The number of hydrogen-bond acceptors (Lipinski definition) is 6. The van der Waals surface area contributed by atoms with E-state index in [9.17, 15) is 8.42 Å². The van der Waals surface area contributed by atoms with Gasteiger partial charge in [0.15, 0.2) is 11.6 Å². The first-order valence-electron chi connectivity index (χ1n) is 9.77. The molecule has 1 N–H and O–H groups in total. The molecule has 0 aliphatic rings. The predicted octanol–water partition coefficient (Wildman–Crippen LogP) is 4.85. The second kappa shape index (κ2) is 9.42. The first-order valence-corrected chi connectivity index (χ1v) is 11.6. The maximum Gasteiger partial charge on any atom is 0.263 e. The van der Waals surface area contributed by atoms with E-state index in [-0.39, 0.29) is 29.7 Å². The summed E-state index contributed by atoms with van der Waals surface area (Å²) in [5.74, 6) is 1.06. The zero-order valence-corrected chi connectivity index (χ0v) is 18.7. The largest absolute Gasteiger partial charge is 0.490 e. The molecule has 2 aromatic heterocycles. The molecule has 2 heterocycles. The highest BCUT2D eigenvalue weighted by atomic mass is 35.5. The molecule has 0 atom stereocenters. The van der Waals surface area contributed by atoms with Gasteiger partial charge in [-0.3, -0.25) is 9.71 Å². The summed E-state index contributed by atoms with van der Waals surface area (Å²) in [6.07, 6.45) is 3.22. The van der Waals surface area contributed by atoms with E-state index in [0.29, 0.717) is 27.2 Å². The van der Waals surface area contributed by atoms with Crippen molar-refractivity contribution in [2.45, 2.75) is 11.8 Å². The Morgan fingerprint density at radius 3 is 2.59 bits per heavy atom. The van der Waals surface area contributed by atoms with Crippen LogP contribution in [0.4, 0.5) is 5.82 Å². The van der Waals surface area contributed by atoms with Gasteiger partial charge in [0.05, 0.1) is 10.4 Å². The molecule has 2 aromatic carbocycles. The lowest BCUT2D eigenvalue weighted by Gasteiger charge is -2.15. The van der Waals surface area contributed by atoms with Gasteiger partial charge < -0.3 is 9.47 Å². The molecule has 0 aliphatic carbocycles. The van der Waals surface area contributed by atoms with Crippen LogP contribution in [0.25, 0.3) is 10.9 Å². The number of nitrogens with zero attached hydrogens (tertiary/aromatic N) is 2. The quantitative estimate of drug-likeness (QED) is 0.371. The average molecular weight is 470 g/mol. The number of fused-ring (bicyclic) bond motifs is 1. The van der Waals surface area contributed by atoms with Crippen LogP contribution in [-0.4, -0.2) is 31.6 Å². The molecule has 0 saturated carbocycles. The molecule has 4 aromatic rings. The van der Waals surface area contributed by atoms with Gasteiger partial charge in [-0.1, -0.05) is 35.9 Å². The van der Waals surface area contributed by atoms with Crippen molar-refractivity contribution >= 4 is 38.3 Å². The Kier molecular flexibility index (Phi) is 6.43. The molecule has 0 fully saturated rings. The van der Waals surface area contributed by atoms with Crippen molar-refractivity contribution in [2.75, 3.05) is 17.9 Å². The maximum atomic E-state index is 13.1. The topological polar surface area (TPSA) is 90.4 Å². The van der Waals surface area contributed by atoms with Crippen molar-refractivity contribution in [1.29, 1.82) is 0 Å². The number of nitrogens with one attached hydrogen (secondary N) is 1. The van der Waals surface area contributed by atoms with Crippen molar-refractivity contribution in [3.05, 3.63) is 83.6 Å². The molecule has 4 rings (SSSR count). The van der Waals surface area contributed by atoms with Gasteiger partial charge in [0.2, 0.25) is 0 Å². The maximum absolute atomic E-state index is 13.1. The highest BCUT2D eigenvalue weighted by molar-refractivity contribution is 7.92. The fraction of sp³-hybridized carbons (Fsp3) is 0.130. The Morgan fingerprint density at radius 1 is 1.00 bits per heavy atom. The van der Waals surface area contributed by atoms with Gasteiger partial charge >= 0.3 is 0 Å². The molecule has 0 amide bonds. The van der Waals surface area contributed by atoms with Crippen molar-refractivity contribution in [3.8, 4) is 11.5 Å². The number of sulfonamides is 1. The monoisotopic (exact) mass is 469 g/mol. The van der Waals surface area contributed by atoms with Gasteiger partial charge in [0, 0.05) is 22.8 Å². The minimum absolute atomic E-state index is 0.0694.